The van der Waals surface area contributed by atoms with Gasteiger partial charge in [0.2, 0.25) is 11.8 Å². The highest BCUT2D eigenvalue weighted by Crippen LogP contribution is 2.38. The van der Waals surface area contributed by atoms with Crippen LogP contribution in [0.15, 0.2) is 65.6 Å². The number of nitrogens with zero attached hydrogens (tertiary/aromatic N) is 2. The van der Waals surface area contributed by atoms with Crippen LogP contribution in [0.1, 0.15) is 37.5 Å². The lowest BCUT2D eigenvalue weighted by molar-refractivity contribution is -0.139. The Morgan fingerprint density at radius 2 is 1.50 bits per heavy atom. The molecule has 3 aromatic carbocycles. The van der Waals surface area contributed by atoms with Crippen LogP contribution in [0, 0.1) is 12.8 Å². The smallest absolute Gasteiger partial charge is 0.354 e. The molecule has 0 heterocycles. The number of hydrogen-bond acceptors (Lipinski definition) is 4. The maximum atomic E-state index is 14.0. The van der Waals surface area contributed by atoms with Crippen LogP contribution in [-0.2, 0) is 32.3 Å². The minimum atomic E-state index is -4.90. The van der Waals surface area contributed by atoms with Crippen LogP contribution in [-0.4, -0.2) is 44.3 Å². The topological polar surface area (TPSA) is 86.8 Å². The molecule has 238 valence electrons. The number of carbonyl (C=O) groups excluding carboxylic acids is 2. The van der Waals surface area contributed by atoms with E-state index in [-0.39, 0.29) is 27.4 Å². The number of hydrogen-bond donors (Lipinski definition) is 1. The minimum absolute atomic E-state index is 0.105. The van der Waals surface area contributed by atoms with E-state index in [2.05, 4.69) is 5.32 Å². The van der Waals surface area contributed by atoms with Gasteiger partial charge < -0.3 is 10.2 Å². The van der Waals surface area contributed by atoms with Gasteiger partial charge in [0.1, 0.15) is 12.6 Å². The number of amides is 2. The number of carbonyl (C=O) groups is 2. The quantitative estimate of drug-likeness (QED) is 0.228. The molecule has 2 amide bonds. The van der Waals surface area contributed by atoms with E-state index in [1.165, 1.54) is 43.3 Å². The van der Waals surface area contributed by atoms with Gasteiger partial charge in [-0.1, -0.05) is 72.4 Å². The normalized spacial score (nSPS) is 12.6. The zero-order valence-electron chi connectivity index (χ0n) is 24.3. The van der Waals surface area contributed by atoms with Crippen molar-refractivity contribution in [2.24, 2.45) is 5.92 Å². The van der Waals surface area contributed by atoms with Crippen molar-refractivity contribution in [3.8, 4) is 0 Å². The molecule has 3 aromatic rings. The summed E-state index contributed by atoms with van der Waals surface area (Å²) in [6.07, 6.45) is -4.90. The Hall–Kier alpha value is -2.99. The van der Waals surface area contributed by atoms with Crippen LogP contribution in [0.5, 0.6) is 0 Å². The summed E-state index contributed by atoms with van der Waals surface area (Å²) in [5.74, 6) is -1.26. The second-order valence-electron chi connectivity index (χ2n) is 10.6. The van der Waals surface area contributed by atoms with E-state index in [9.17, 15) is 31.2 Å². The van der Waals surface area contributed by atoms with E-state index in [1.54, 1.807) is 13.0 Å². The molecule has 3 rings (SSSR count). The Balaban J connectivity index is 2.12. The molecule has 1 N–H and O–H groups in total. The highest BCUT2D eigenvalue weighted by molar-refractivity contribution is 7.92. The minimum Gasteiger partial charge on any atom is -0.354 e. The van der Waals surface area contributed by atoms with E-state index < -0.39 is 56.9 Å². The van der Waals surface area contributed by atoms with Gasteiger partial charge in [-0.15, -0.1) is 0 Å². The van der Waals surface area contributed by atoms with E-state index in [0.717, 1.165) is 22.6 Å². The number of sulfonamides is 1. The van der Waals surface area contributed by atoms with Crippen molar-refractivity contribution in [3.05, 3.63) is 92.4 Å². The Morgan fingerprint density at radius 1 is 0.886 bits per heavy atom. The molecule has 0 saturated heterocycles. The summed E-state index contributed by atoms with van der Waals surface area (Å²) >= 11 is 18.0. The third-order valence-electron chi connectivity index (χ3n) is 6.62. The standard InChI is InChI=1S/C30H31Cl3F3N3O4S/c1-18(2)15-37-29(41)20(4)38(16-21-7-11-26(32)27(33)13-21)28(40)17-39(44(42,43)23-9-5-19(3)6-10-23)22-8-12-25(31)24(14-22)30(34,35)36/h5-14,18,20H,15-17H2,1-4H3,(H,37,41)/t20-/m1/s1. The monoisotopic (exact) mass is 691 g/mol. The first kappa shape index (κ1) is 35.5. The Bertz CT molecular complexity index is 1620. The van der Waals surface area contributed by atoms with Crippen LogP contribution < -0.4 is 9.62 Å². The number of anilines is 1. The molecule has 7 nitrogen and oxygen atoms in total. The van der Waals surface area contributed by atoms with Crippen LogP contribution in [0.25, 0.3) is 0 Å². The van der Waals surface area contributed by atoms with Crippen molar-refractivity contribution in [1.82, 2.24) is 10.2 Å². The molecule has 14 heteroatoms. The predicted octanol–water partition coefficient (Wildman–Crippen LogP) is 7.36. The second kappa shape index (κ2) is 14.4. The molecule has 1 atom stereocenters. The third kappa shape index (κ3) is 8.80. The SMILES string of the molecule is Cc1ccc(S(=O)(=O)N(CC(=O)N(Cc2ccc(Cl)c(Cl)c2)[C@H](C)C(=O)NCC(C)C)c2ccc(Cl)c(C(F)(F)F)c2)cc1. The summed E-state index contributed by atoms with van der Waals surface area (Å²) in [4.78, 5) is 27.9. The molecule has 0 unspecified atom stereocenters. The van der Waals surface area contributed by atoms with E-state index in [4.69, 9.17) is 34.8 Å². The third-order valence-corrected chi connectivity index (χ3v) is 9.48. The lowest BCUT2D eigenvalue weighted by atomic mass is 10.1. The van der Waals surface area contributed by atoms with Crippen molar-refractivity contribution >= 4 is 62.3 Å². The summed E-state index contributed by atoms with van der Waals surface area (Å²) in [6, 6.07) is 11.7. The van der Waals surface area contributed by atoms with Crippen molar-refractivity contribution in [2.75, 3.05) is 17.4 Å². The van der Waals surface area contributed by atoms with Crippen molar-refractivity contribution < 1.29 is 31.2 Å². The van der Waals surface area contributed by atoms with Crippen LogP contribution >= 0.6 is 34.8 Å². The summed E-state index contributed by atoms with van der Waals surface area (Å²) < 4.78 is 69.7. The lowest BCUT2D eigenvalue weighted by Crippen LogP contribution is -2.51. The Kier molecular flexibility index (Phi) is 11.6. The molecule has 0 aromatic heterocycles. The number of alkyl halides is 3. The van der Waals surface area contributed by atoms with Gasteiger partial charge in [0.05, 0.1) is 31.2 Å². The average Bonchev–Trinajstić information content (AvgIpc) is 2.94. The zero-order valence-corrected chi connectivity index (χ0v) is 27.3. The molecule has 0 aliphatic rings. The van der Waals surface area contributed by atoms with Gasteiger partial charge in [-0.3, -0.25) is 13.9 Å². The highest BCUT2D eigenvalue weighted by Gasteiger charge is 2.37. The molecule has 0 fully saturated rings. The average molecular weight is 693 g/mol. The van der Waals surface area contributed by atoms with E-state index >= 15 is 0 Å². The van der Waals surface area contributed by atoms with Crippen molar-refractivity contribution in [1.29, 1.82) is 0 Å². The van der Waals surface area contributed by atoms with Gasteiger partial charge in [-0.05, 0) is 67.8 Å². The van der Waals surface area contributed by atoms with Gasteiger partial charge >= 0.3 is 6.18 Å². The molecule has 0 radical (unpaired) electrons. The van der Waals surface area contributed by atoms with Crippen LogP contribution in [0.3, 0.4) is 0 Å². The number of benzene rings is 3. The molecule has 0 saturated carbocycles. The molecule has 0 aliphatic carbocycles. The second-order valence-corrected chi connectivity index (χ2v) is 13.7. The van der Waals surface area contributed by atoms with Gasteiger partial charge in [-0.2, -0.15) is 13.2 Å². The fraction of sp³-hybridized carbons (Fsp3) is 0.333. The van der Waals surface area contributed by atoms with Crippen molar-refractivity contribution in [3.63, 3.8) is 0 Å². The molecule has 0 aliphatic heterocycles. The molecule has 44 heavy (non-hydrogen) atoms. The fourth-order valence-corrected chi connectivity index (χ4v) is 6.07. The number of halogens is 6. The van der Waals surface area contributed by atoms with E-state index in [1.807, 2.05) is 13.8 Å². The summed E-state index contributed by atoms with van der Waals surface area (Å²) in [7, 11) is -4.59. The highest BCUT2D eigenvalue weighted by atomic mass is 35.5. The van der Waals surface area contributed by atoms with Gasteiger partial charge in [0.25, 0.3) is 10.0 Å². The maximum Gasteiger partial charge on any atom is 0.417 e. The Labute approximate surface area is 269 Å². The first-order valence-corrected chi connectivity index (χ1v) is 16.0. The first-order valence-electron chi connectivity index (χ1n) is 13.4. The molecular weight excluding hydrogens is 662 g/mol. The molecular formula is C30H31Cl3F3N3O4S. The van der Waals surface area contributed by atoms with Crippen molar-refractivity contribution in [2.45, 2.75) is 51.4 Å². The fourth-order valence-electron chi connectivity index (χ4n) is 4.12. The zero-order chi connectivity index (χ0) is 33.0. The maximum absolute atomic E-state index is 14.0. The van der Waals surface area contributed by atoms with Crippen LogP contribution in [0.4, 0.5) is 18.9 Å². The number of nitrogens with one attached hydrogen (secondary N) is 1. The summed E-state index contributed by atoms with van der Waals surface area (Å²) in [5.41, 5.74) is -0.495. The summed E-state index contributed by atoms with van der Waals surface area (Å²) in [6.45, 7) is 6.18. The van der Waals surface area contributed by atoms with Gasteiger partial charge in [0, 0.05) is 13.1 Å². The van der Waals surface area contributed by atoms with E-state index in [0.29, 0.717) is 22.5 Å². The number of rotatable bonds is 11. The number of aryl methyl sites for hydroxylation is 1. The largest absolute Gasteiger partial charge is 0.417 e. The van der Waals surface area contributed by atoms with Gasteiger partial charge in [-0.25, -0.2) is 8.42 Å². The van der Waals surface area contributed by atoms with Gasteiger partial charge in [0.15, 0.2) is 0 Å². The molecule has 0 spiro atoms. The van der Waals surface area contributed by atoms with Crippen LogP contribution in [0.2, 0.25) is 15.1 Å². The molecule has 0 bridgehead atoms. The first-order chi connectivity index (χ1) is 20.4. The lowest BCUT2D eigenvalue weighted by Gasteiger charge is -2.32. The predicted molar refractivity (Wildman–Crippen MR) is 166 cm³/mol. The summed E-state index contributed by atoms with van der Waals surface area (Å²) in [5, 5.41) is 2.56. The Morgan fingerprint density at radius 3 is 2.07 bits per heavy atom.